The van der Waals surface area contributed by atoms with E-state index in [0.29, 0.717) is 18.4 Å². The lowest BCUT2D eigenvalue weighted by atomic mass is 9.87. The molecule has 3 aliphatic rings. The van der Waals surface area contributed by atoms with Crippen molar-refractivity contribution in [3.05, 3.63) is 0 Å². The molecule has 4 unspecified atom stereocenters. The van der Waals surface area contributed by atoms with Gasteiger partial charge in [0.2, 0.25) is 11.8 Å². The van der Waals surface area contributed by atoms with Crippen molar-refractivity contribution in [3.8, 4) is 0 Å². The average molecular weight is 250 g/mol. The van der Waals surface area contributed by atoms with Gasteiger partial charge in [0.15, 0.2) is 0 Å². The Kier molecular flexibility index (Phi) is 3.14. The lowest BCUT2D eigenvalue weighted by molar-refractivity contribution is -0.141. The number of hydrogen-bond donors (Lipinski definition) is 1. The van der Waals surface area contributed by atoms with E-state index in [4.69, 9.17) is 0 Å². The van der Waals surface area contributed by atoms with E-state index in [9.17, 15) is 9.59 Å². The summed E-state index contributed by atoms with van der Waals surface area (Å²) >= 11 is 0. The van der Waals surface area contributed by atoms with E-state index in [1.54, 1.807) is 4.90 Å². The molecule has 1 N–H and O–H groups in total. The Labute approximate surface area is 108 Å². The third kappa shape index (κ3) is 1.87. The maximum atomic E-state index is 12.3. The first-order chi connectivity index (χ1) is 8.68. The summed E-state index contributed by atoms with van der Waals surface area (Å²) in [5.74, 6) is 1.32. The number of amides is 2. The molecule has 18 heavy (non-hydrogen) atoms. The van der Waals surface area contributed by atoms with Crippen LogP contribution in [-0.4, -0.2) is 36.3 Å². The topological polar surface area (TPSA) is 49.4 Å². The smallest absolute Gasteiger partial charge is 0.233 e. The van der Waals surface area contributed by atoms with Gasteiger partial charge < -0.3 is 5.32 Å². The second-order valence-corrected chi connectivity index (χ2v) is 6.16. The van der Waals surface area contributed by atoms with Crippen molar-refractivity contribution in [2.45, 2.75) is 32.6 Å². The highest BCUT2D eigenvalue weighted by molar-refractivity contribution is 6.05. The number of carbonyl (C=O) groups excluding carboxylic acids is 2. The van der Waals surface area contributed by atoms with Crippen molar-refractivity contribution in [1.82, 2.24) is 10.2 Å². The number of piperidine rings is 1. The number of likely N-dealkylation sites (tertiary alicyclic amines) is 1. The molecule has 2 amide bonds. The zero-order valence-corrected chi connectivity index (χ0v) is 11.0. The number of hydrogen-bond acceptors (Lipinski definition) is 3. The Morgan fingerprint density at radius 2 is 1.83 bits per heavy atom. The van der Waals surface area contributed by atoms with Crippen LogP contribution in [0.1, 0.15) is 32.6 Å². The summed E-state index contributed by atoms with van der Waals surface area (Å²) in [5.41, 5.74) is 0. The molecule has 0 bridgehead atoms. The van der Waals surface area contributed by atoms with Crippen molar-refractivity contribution in [1.29, 1.82) is 0 Å². The van der Waals surface area contributed by atoms with E-state index < -0.39 is 0 Å². The van der Waals surface area contributed by atoms with Gasteiger partial charge in [-0.15, -0.1) is 0 Å². The van der Waals surface area contributed by atoms with Gasteiger partial charge in [-0.1, -0.05) is 13.3 Å². The molecule has 0 aromatic carbocycles. The summed E-state index contributed by atoms with van der Waals surface area (Å²) in [6.45, 7) is 4.89. The molecule has 4 atom stereocenters. The minimum absolute atomic E-state index is 0.0227. The van der Waals surface area contributed by atoms with Crippen LogP contribution in [0.15, 0.2) is 0 Å². The van der Waals surface area contributed by atoms with Crippen LogP contribution in [0.2, 0.25) is 0 Å². The van der Waals surface area contributed by atoms with E-state index in [-0.39, 0.29) is 23.7 Å². The molecule has 2 heterocycles. The molecule has 0 spiro atoms. The molecule has 1 aliphatic carbocycles. The van der Waals surface area contributed by atoms with Gasteiger partial charge in [-0.25, -0.2) is 0 Å². The first-order valence-corrected chi connectivity index (χ1v) is 7.24. The molecule has 1 saturated carbocycles. The van der Waals surface area contributed by atoms with Crippen molar-refractivity contribution >= 4 is 11.8 Å². The van der Waals surface area contributed by atoms with Crippen molar-refractivity contribution in [2.24, 2.45) is 23.7 Å². The molecule has 0 aromatic rings. The van der Waals surface area contributed by atoms with Gasteiger partial charge in [0, 0.05) is 6.54 Å². The number of carbonyl (C=O) groups is 2. The van der Waals surface area contributed by atoms with Gasteiger partial charge in [0.25, 0.3) is 0 Å². The molecule has 4 heteroatoms. The molecule has 3 fully saturated rings. The molecule has 2 aliphatic heterocycles. The predicted molar refractivity (Wildman–Crippen MR) is 67.7 cm³/mol. The maximum Gasteiger partial charge on any atom is 0.233 e. The molecule has 100 valence electrons. The Balaban J connectivity index is 1.69. The third-order valence-corrected chi connectivity index (χ3v) is 5.06. The second kappa shape index (κ2) is 4.65. The number of imide groups is 1. The van der Waals surface area contributed by atoms with Gasteiger partial charge in [-0.05, 0) is 44.2 Å². The van der Waals surface area contributed by atoms with Crippen LogP contribution >= 0.6 is 0 Å². The van der Waals surface area contributed by atoms with Crippen LogP contribution in [0, 0.1) is 23.7 Å². The third-order valence-electron chi connectivity index (χ3n) is 5.06. The van der Waals surface area contributed by atoms with Crippen LogP contribution in [0.5, 0.6) is 0 Å². The van der Waals surface area contributed by atoms with E-state index in [1.165, 1.54) is 0 Å². The number of nitrogens with one attached hydrogen (secondary N) is 1. The highest BCUT2D eigenvalue weighted by atomic mass is 16.2. The van der Waals surface area contributed by atoms with Crippen molar-refractivity contribution in [3.63, 3.8) is 0 Å². The van der Waals surface area contributed by atoms with Crippen LogP contribution in [0.3, 0.4) is 0 Å². The van der Waals surface area contributed by atoms with Crippen LogP contribution < -0.4 is 5.32 Å². The number of rotatable bonds is 2. The minimum Gasteiger partial charge on any atom is -0.316 e. The Hall–Kier alpha value is -0.900. The minimum atomic E-state index is 0.0227. The zero-order chi connectivity index (χ0) is 12.7. The van der Waals surface area contributed by atoms with Crippen molar-refractivity contribution < 1.29 is 9.59 Å². The van der Waals surface area contributed by atoms with Gasteiger partial charge in [0.05, 0.1) is 11.8 Å². The van der Waals surface area contributed by atoms with Gasteiger partial charge in [0.1, 0.15) is 0 Å². The average Bonchev–Trinajstić information content (AvgIpc) is 2.92. The molecule has 0 aromatic heterocycles. The van der Waals surface area contributed by atoms with Crippen molar-refractivity contribution in [2.75, 3.05) is 19.6 Å². The largest absolute Gasteiger partial charge is 0.316 e. The Morgan fingerprint density at radius 1 is 1.17 bits per heavy atom. The number of fused-ring (bicyclic) bond motifs is 1. The fraction of sp³-hybridized carbons (Fsp3) is 0.857. The first kappa shape index (κ1) is 12.2. The highest BCUT2D eigenvalue weighted by Gasteiger charge is 2.50. The summed E-state index contributed by atoms with van der Waals surface area (Å²) in [6.07, 6.45) is 3.97. The lowest BCUT2D eigenvalue weighted by Crippen LogP contribution is -2.43. The Bertz CT molecular complexity index is 347. The fourth-order valence-corrected chi connectivity index (χ4v) is 3.81. The standard InChI is InChI=1S/C14H22N2O2/c1-9-7-15-6-5-10(9)8-16-13(17)11-3-2-4-12(11)14(16)18/h9-12,15H,2-8H2,1H3. The van der Waals surface area contributed by atoms with Crippen LogP contribution in [-0.2, 0) is 9.59 Å². The summed E-state index contributed by atoms with van der Waals surface area (Å²) in [6, 6.07) is 0. The van der Waals surface area contributed by atoms with Crippen LogP contribution in [0.4, 0.5) is 0 Å². The van der Waals surface area contributed by atoms with E-state index in [2.05, 4.69) is 12.2 Å². The quantitative estimate of drug-likeness (QED) is 0.744. The lowest BCUT2D eigenvalue weighted by Gasteiger charge is -2.32. The van der Waals surface area contributed by atoms with E-state index in [0.717, 1.165) is 38.8 Å². The molecule has 4 nitrogen and oxygen atoms in total. The SMILES string of the molecule is CC1CNCCC1CN1C(=O)C2CCCC2C1=O. The maximum absolute atomic E-state index is 12.3. The molecule has 2 saturated heterocycles. The summed E-state index contributed by atoms with van der Waals surface area (Å²) in [5, 5.41) is 3.36. The molecule has 3 rings (SSSR count). The van der Waals surface area contributed by atoms with E-state index in [1.807, 2.05) is 0 Å². The van der Waals surface area contributed by atoms with Gasteiger partial charge >= 0.3 is 0 Å². The summed E-state index contributed by atoms with van der Waals surface area (Å²) < 4.78 is 0. The Morgan fingerprint density at radius 3 is 2.44 bits per heavy atom. The highest BCUT2D eigenvalue weighted by Crippen LogP contribution is 2.40. The number of nitrogens with zero attached hydrogens (tertiary/aromatic N) is 1. The first-order valence-electron chi connectivity index (χ1n) is 7.24. The van der Waals surface area contributed by atoms with Gasteiger partial charge in [-0.2, -0.15) is 0 Å². The fourth-order valence-electron chi connectivity index (χ4n) is 3.81. The summed E-state index contributed by atoms with van der Waals surface area (Å²) in [7, 11) is 0. The predicted octanol–water partition coefficient (Wildman–Crippen LogP) is 1.02. The second-order valence-electron chi connectivity index (χ2n) is 6.16. The monoisotopic (exact) mass is 250 g/mol. The summed E-state index contributed by atoms with van der Waals surface area (Å²) in [4.78, 5) is 26.1. The molecular formula is C14H22N2O2. The van der Waals surface area contributed by atoms with E-state index >= 15 is 0 Å². The van der Waals surface area contributed by atoms with Crippen LogP contribution in [0.25, 0.3) is 0 Å². The normalized spacial score (nSPS) is 40.4. The zero-order valence-electron chi connectivity index (χ0n) is 11.0. The molecular weight excluding hydrogens is 228 g/mol. The molecule has 0 radical (unpaired) electrons. The van der Waals surface area contributed by atoms with Gasteiger partial charge in [-0.3, -0.25) is 14.5 Å².